The third-order valence-corrected chi connectivity index (χ3v) is 5.78. The van der Waals surface area contributed by atoms with E-state index in [1.54, 1.807) is 6.07 Å². The minimum absolute atomic E-state index is 0.0415. The van der Waals surface area contributed by atoms with Gasteiger partial charge in [0.15, 0.2) is 0 Å². The molecule has 3 atom stereocenters. The van der Waals surface area contributed by atoms with Crippen LogP contribution in [0.2, 0.25) is 10.0 Å². The first-order valence-electron chi connectivity index (χ1n) is 8.81. The number of likely N-dealkylation sites (tertiary alicyclic amines) is 1. The fraction of sp³-hybridized carbons (Fsp3) is 0.400. The van der Waals surface area contributed by atoms with Gasteiger partial charge in [-0.1, -0.05) is 47.5 Å². The van der Waals surface area contributed by atoms with Crippen LogP contribution in [0.25, 0.3) is 0 Å². The lowest BCUT2D eigenvalue weighted by molar-refractivity contribution is 0.0594. The van der Waals surface area contributed by atoms with E-state index in [9.17, 15) is 0 Å². The van der Waals surface area contributed by atoms with Gasteiger partial charge in [0, 0.05) is 17.6 Å². The van der Waals surface area contributed by atoms with Crippen LogP contribution in [-0.4, -0.2) is 30.1 Å². The van der Waals surface area contributed by atoms with E-state index < -0.39 is 0 Å². The highest BCUT2D eigenvalue weighted by Crippen LogP contribution is 2.40. The number of nitrogens with zero attached hydrogens (tertiary/aromatic N) is 1. The number of ether oxygens (including phenoxy) is 1. The quantitative estimate of drug-likeness (QED) is 0.858. The van der Waals surface area contributed by atoms with Gasteiger partial charge in [-0.15, -0.1) is 0 Å². The highest BCUT2D eigenvalue weighted by atomic mass is 35.5. The van der Waals surface area contributed by atoms with Crippen LogP contribution in [-0.2, 0) is 6.42 Å². The average molecular weight is 377 g/mol. The molecule has 1 saturated heterocycles. The van der Waals surface area contributed by atoms with Crippen LogP contribution in [0.3, 0.4) is 0 Å². The van der Waals surface area contributed by atoms with Crippen LogP contribution in [0.5, 0.6) is 5.75 Å². The van der Waals surface area contributed by atoms with Crippen LogP contribution in [0.1, 0.15) is 30.1 Å². The highest BCUT2D eigenvalue weighted by molar-refractivity contribution is 6.35. The Balaban J connectivity index is 1.65. The molecule has 25 heavy (non-hydrogen) atoms. The summed E-state index contributed by atoms with van der Waals surface area (Å²) in [6.07, 6.45) is 3.19. The standard InChI is InChI=1S/C20H22Cl2N2O/c21-14-7-8-19(17(22)11-14)25-20-16-6-2-1-4-13(16)10-18(20)24-9-3-5-15(23)12-24/h1-2,4,6-8,11,15,18,20H,3,5,9-10,12,23H2/t15-,18-,20-/m1/s1. The van der Waals surface area contributed by atoms with Crippen molar-refractivity contribution in [3.05, 3.63) is 63.6 Å². The molecule has 0 radical (unpaired) electrons. The normalized spacial score (nSPS) is 26.4. The third kappa shape index (κ3) is 3.52. The number of nitrogens with two attached hydrogens (primary N) is 1. The first kappa shape index (κ1) is 17.2. The lowest BCUT2D eigenvalue weighted by atomic mass is 10.0. The van der Waals surface area contributed by atoms with Crippen molar-refractivity contribution in [1.82, 2.24) is 4.90 Å². The number of halogens is 2. The van der Waals surface area contributed by atoms with Gasteiger partial charge in [-0.3, -0.25) is 4.90 Å². The molecule has 0 spiro atoms. The second-order valence-electron chi connectivity index (χ2n) is 6.98. The third-order valence-electron chi connectivity index (χ3n) is 5.25. The summed E-state index contributed by atoms with van der Waals surface area (Å²) in [5, 5.41) is 1.16. The molecular formula is C20H22Cl2N2O. The summed E-state index contributed by atoms with van der Waals surface area (Å²) in [5.74, 6) is 0.680. The van der Waals surface area contributed by atoms with Crippen molar-refractivity contribution in [2.75, 3.05) is 13.1 Å². The van der Waals surface area contributed by atoms with E-state index in [2.05, 4.69) is 29.2 Å². The van der Waals surface area contributed by atoms with Crippen molar-refractivity contribution in [2.45, 2.75) is 37.5 Å². The molecule has 1 aliphatic heterocycles. The van der Waals surface area contributed by atoms with Gasteiger partial charge in [0.05, 0.1) is 11.1 Å². The molecule has 2 N–H and O–H groups in total. The van der Waals surface area contributed by atoms with Gasteiger partial charge < -0.3 is 10.5 Å². The van der Waals surface area contributed by atoms with Crippen LogP contribution >= 0.6 is 23.2 Å². The predicted octanol–water partition coefficient (Wildman–Crippen LogP) is 4.46. The molecule has 1 aliphatic carbocycles. The lowest BCUT2D eigenvalue weighted by Crippen LogP contribution is -2.49. The zero-order valence-electron chi connectivity index (χ0n) is 14.0. The van der Waals surface area contributed by atoms with Crippen molar-refractivity contribution < 1.29 is 4.74 Å². The van der Waals surface area contributed by atoms with Gasteiger partial charge >= 0.3 is 0 Å². The summed E-state index contributed by atoms with van der Waals surface area (Å²) < 4.78 is 6.42. The molecule has 2 aromatic carbocycles. The SMILES string of the molecule is N[C@@H]1CCCN([C@@H]2Cc3ccccc3[C@H]2Oc2ccc(Cl)cc2Cl)C1. The summed E-state index contributed by atoms with van der Waals surface area (Å²) in [4.78, 5) is 2.49. The second kappa shape index (κ2) is 7.16. The number of hydrogen-bond donors (Lipinski definition) is 1. The fourth-order valence-electron chi connectivity index (χ4n) is 4.05. The summed E-state index contributed by atoms with van der Waals surface area (Å²) in [5.41, 5.74) is 8.81. The molecule has 0 bridgehead atoms. The van der Waals surface area contributed by atoms with E-state index in [0.717, 1.165) is 32.4 Å². The average Bonchev–Trinajstić information content (AvgIpc) is 2.96. The molecule has 0 aromatic heterocycles. The molecule has 3 nitrogen and oxygen atoms in total. The highest BCUT2D eigenvalue weighted by Gasteiger charge is 2.39. The first-order valence-corrected chi connectivity index (χ1v) is 9.56. The van der Waals surface area contributed by atoms with E-state index in [4.69, 9.17) is 33.7 Å². The van der Waals surface area contributed by atoms with E-state index in [-0.39, 0.29) is 18.2 Å². The number of hydrogen-bond acceptors (Lipinski definition) is 3. The Labute approximate surface area is 158 Å². The van der Waals surface area contributed by atoms with Crippen LogP contribution < -0.4 is 10.5 Å². The lowest BCUT2D eigenvalue weighted by Gasteiger charge is -2.38. The van der Waals surface area contributed by atoms with Gasteiger partial charge in [-0.05, 0) is 55.1 Å². The maximum absolute atomic E-state index is 6.42. The molecule has 0 amide bonds. The Bertz CT molecular complexity index is 767. The van der Waals surface area contributed by atoms with Crippen molar-refractivity contribution in [1.29, 1.82) is 0 Å². The van der Waals surface area contributed by atoms with E-state index in [1.165, 1.54) is 11.1 Å². The minimum Gasteiger partial charge on any atom is -0.482 e. The predicted molar refractivity (Wildman–Crippen MR) is 103 cm³/mol. The zero-order chi connectivity index (χ0) is 17.4. The Hall–Kier alpha value is -1.26. The Morgan fingerprint density at radius 3 is 2.76 bits per heavy atom. The molecule has 1 fully saturated rings. The molecule has 2 aliphatic rings. The molecule has 5 heteroatoms. The van der Waals surface area contributed by atoms with Crippen LogP contribution in [0.15, 0.2) is 42.5 Å². The Morgan fingerprint density at radius 2 is 1.96 bits per heavy atom. The van der Waals surface area contributed by atoms with Gasteiger partial charge in [-0.2, -0.15) is 0 Å². The maximum atomic E-state index is 6.42. The number of piperidine rings is 1. The van der Waals surface area contributed by atoms with Crippen molar-refractivity contribution in [2.24, 2.45) is 5.73 Å². The van der Waals surface area contributed by atoms with E-state index in [1.807, 2.05) is 12.1 Å². The number of rotatable bonds is 3. The van der Waals surface area contributed by atoms with E-state index >= 15 is 0 Å². The second-order valence-corrected chi connectivity index (χ2v) is 7.82. The van der Waals surface area contributed by atoms with Gasteiger partial charge in [0.1, 0.15) is 11.9 Å². The molecular weight excluding hydrogens is 355 g/mol. The molecule has 132 valence electrons. The summed E-state index contributed by atoms with van der Waals surface area (Å²) in [6.45, 7) is 1.99. The van der Waals surface area contributed by atoms with Crippen molar-refractivity contribution >= 4 is 23.2 Å². The molecule has 1 heterocycles. The monoisotopic (exact) mass is 376 g/mol. The first-order chi connectivity index (χ1) is 12.1. The molecule has 0 unspecified atom stereocenters. The zero-order valence-corrected chi connectivity index (χ0v) is 15.5. The molecule has 4 rings (SSSR count). The maximum Gasteiger partial charge on any atom is 0.140 e. The van der Waals surface area contributed by atoms with Crippen molar-refractivity contribution in [3.63, 3.8) is 0 Å². The van der Waals surface area contributed by atoms with Crippen molar-refractivity contribution in [3.8, 4) is 5.75 Å². The van der Waals surface area contributed by atoms with Gasteiger partial charge in [-0.25, -0.2) is 0 Å². The largest absolute Gasteiger partial charge is 0.482 e. The smallest absolute Gasteiger partial charge is 0.140 e. The number of fused-ring (bicyclic) bond motifs is 1. The minimum atomic E-state index is -0.0415. The van der Waals surface area contributed by atoms with Gasteiger partial charge in [0.2, 0.25) is 0 Å². The van der Waals surface area contributed by atoms with Crippen LogP contribution in [0, 0.1) is 0 Å². The van der Waals surface area contributed by atoms with E-state index in [0.29, 0.717) is 15.8 Å². The number of benzene rings is 2. The Kier molecular flexibility index (Phi) is 4.92. The summed E-state index contributed by atoms with van der Waals surface area (Å²) >= 11 is 12.4. The topological polar surface area (TPSA) is 38.5 Å². The summed E-state index contributed by atoms with van der Waals surface area (Å²) in [7, 11) is 0. The van der Waals surface area contributed by atoms with Gasteiger partial charge in [0.25, 0.3) is 0 Å². The molecule has 2 aromatic rings. The Morgan fingerprint density at radius 1 is 1.12 bits per heavy atom. The molecule has 0 saturated carbocycles. The van der Waals surface area contributed by atoms with Crippen LogP contribution in [0.4, 0.5) is 0 Å². The summed E-state index contributed by atoms with van der Waals surface area (Å²) in [6, 6.07) is 14.4. The fourth-order valence-corrected chi connectivity index (χ4v) is 4.50.